The highest BCUT2D eigenvalue weighted by atomic mass is 16.5. The summed E-state index contributed by atoms with van der Waals surface area (Å²) in [4.78, 5) is 23.6. The summed E-state index contributed by atoms with van der Waals surface area (Å²) in [7, 11) is 0. The number of allylic oxidation sites excluding steroid dienone is 1. The first-order valence-electron chi connectivity index (χ1n) is 9.49. The second-order valence-electron chi connectivity index (χ2n) is 8.72. The molecule has 2 aliphatic carbocycles. The summed E-state index contributed by atoms with van der Waals surface area (Å²) in [6.45, 7) is 5.97. The van der Waals surface area contributed by atoms with Crippen molar-refractivity contribution in [3.05, 3.63) is 11.6 Å². The van der Waals surface area contributed by atoms with Crippen LogP contribution in [0.2, 0.25) is 0 Å². The zero-order valence-electron chi connectivity index (χ0n) is 14.8. The summed E-state index contributed by atoms with van der Waals surface area (Å²) in [6.07, 6.45) is 9.26. The van der Waals surface area contributed by atoms with Crippen LogP contribution in [0, 0.1) is 28.6 Å². The van der Waals surface area contributed by atoms with Crippen molar-refractivity contribution in [2.24, 2.45) is 28.6 Å². The fourth-order valence-electron chi connectivity index (χ4n) is 5.97. The molecule has 4 heteroatoms. The molecule has 4 rings (SSSR count). The average Bonchev–Trinajstić information content (AvgIpc) is 3.13. The van der Waals surface area contributed by atoms with Crippen molar-refractivity contribution in [2.75, 3.05) is 13.2 Å². The van der Waals surface area contributed by atoms with Crippen molar-refractivity contribution in [1.29, 1.82) is 0 Å². The quantitative estimate of drug-likeness (QED) is 0.740. The molecule has 4 nitrogen and oxygen atoms in total. The van der Waals surface area contributed by atoms with Gasteiger partial charge in [-0.1, -0.05) is 19.9 Å². The molecular formula is C20H28O4. The van der Waals surface area contributed by atoms with Gasteiger partial charge in [0.15, 0.2) is 0 Å². The summed E-state index contributed by atoms with van der Waals surface area (Å²) in [5, 5.41) is 0. The Labute approximate surface area is 144 Å². The number of esters is 2. The average molecular weight is 332 g/mol. The van der Waals surface area contributed by atoms with Gasteiger partial charge in [0, 0.05) is 16.9 Å². The Bertz CT molecular complexity index is 594. The molecule has 4 aliphatic rings. The lowest BCUT2D eigenvalue weighted by atomic mass is 9.46. The van der Waals surface area contributed by atoms with Crippen LogP contribution in [0.25, 0.3) is 0 Å². The molecule has 1 saturated carbocycles. The Balaban J connectivity index is 1.58. The maximum atomic E-state index is 12.2. The zero-order valence-corrected chi connectivity index (χ0v) is 14.8. The van der Waals surface area contributed by atoms with Crippen molar-refractivity contribution in [1.82, 2.24) is 0 Å². The Morgan fingerprint density at radius 3 is 2.83 bits per heavy atom. The SMILES string of the molecule is C[C@@H]1CC[C@@]23COC(=O)C2=CCC[C@@H]3[C@@]1(C)CC[C@@H]1COC(=O)C1. The maximum Gasteiger partial charge on any atom is 0.334 e. The monoisotopic (exact) mass is 332 g/mol. The molecule has 5 atom stereocenters. The second-order valence-corrected chi connectivity index (χ2v) is 8.72. The van der Waals surface area contributed by atoms with E-state index in [-0.39, 0.29) is 22.8 Å². The molecule has 24 heavy (non-hydrogen) atoms. The highest BCUT2D eigenvalue weighted by molar-refractivity contribution is 5.92. The van der Waals surface area contributed by atoms with E-state index in [1.807, 2.05) is 0 Å². The second kappa shape index (κ2) is 5.60. The van der Waals surface area contributed by atoms with Crippen molar-refractivity contribution >= 4 is 11.9 Å². The molecule has 0 aromatic rings. The normalized spacial score (nSPS) is 44.4. The van der Waals surface area contributed by atoms with Crippen LogP contribution < -0.4 is 0 Å². The van der Waals surface area contributed by atoms with Gasteiger partial charge >= 0.3 is 11.9 Å². The van der Waals surface area contributed by atoms with Crippen LogP contribution in [0.5, 0.6) is 0 Å². The Kier molecular flexibility index (Phi) is 3.77. The third-order valence-corrected chi connectivity index (χ3v) is 7.66. The largest absolute Gasteiger partial charge is 0.465 e. The lowest BCUT2D eigenvalue weighted by Gasteiger charge is -2.56. The minimum atomic E-state index is -0.0774. The molecule has 132 valence electrons. The number of carbonyl (C=O) groups is 2. The Morgan fingerprint density at radius 2 is 2.08 bits per heavy atom. The third kappa shape index (κ3) is 2.25. The summed E-state index contributed by atoms with van der Waals surface area (Å²) < 4.78 is 10.6. The Morgan fingerprint density at radius 1 is 1.25 bits per heavy atom. The number of ether oxygens (including phenoxy) is 2. The van der Waals surface area contributed by atoms with Crippen LogP contribution in [0.4, 0.5) is 0 Å². The van der Waals surface area contributed by atoms with Gasteiger partial charge < -0.3 is 9.47 Å². The van der Waals surface area contributed by atoms with Gasteiger partial charge in [0.2, 0.25) is 0 Å². The minimum Gasteiger partial charge on any atom is -0.465 e. The van der Waals surface area contributed by atoms with Gasteiger partial charge in [-0.15, -0.1) is 0 Å². The molecule has 0 unspecified atom stereocenters. The van der Waals surface area contributed by atoms with Crippen LogP contribution in [0.15, 0.2) is 11.6 Å². The lowest BCUT2D eigenvalue weighted by molar-refractivity contribution is -0.138. The van der Waals surface area contributed by atoms with E-state index in [1.165, 1.54) is 0 Å². The first-order valence-corrected chi connectivity index (χ1v) is 9.49. The fraction of sp³-hybridized carbons (Fsp3) is 0.800. The standard InChI is InChI=1S/C20H28O4/c1-13-6-9-20-12-24-18(22)15(20)4-3-5-16(20)19(13,2)8-7-14-10-17(21)23-11-14/h4,13-14,16H,3,5-12H2,1-2H3/t13-,14+,16-,19+,20-/m1/s1. The molecule has 0 aromatic carbocycles. The molecule has 0 N–H and O–H groups in total. The predicted molar refractivity (Wildman–Crippen MR) is 89.0 cm³/mol. The number of cyclic esters (lactones) is 2. The number of carbonyl (C=O) groups excluding carboxylic acids is 2. The predicted octanol–water partition coefficient (Wildman–Crippen LogP) is 3.65. The van der Waals surface area contributed by atoms with Crippen LogP contribution in [0.3, 0.4) is 0 Å². The molecule has 2 saturated heterocycles. The topological polar surface area (TPSA) is 52.6 Å². The van der Waals surface area contributed by atoms with Crippen molar-refractivity contribution in [2.45, 2.75) is 58.8 Å². The lowest BCUT2D eigenvalue weighted by Crippen LogP contribution is -2.51. The van der Waals surface area contributed by atoms with Gasteiger partial charge in [-0.05, 0) is 55.8 Å². The molecule has 0 radical (unpaired) electrons. The summed E-state index contributed by atoms with van der Waals surface area (Å²) in [6, 6.07) is 0. The summed E-state index contributed by atoms with van der Waals surface area (Å²) >= 11 is 0. The van der Waals surface area contributed by atoms with Crippen LogP contribution in [0.1, 0.15) is 58.8 Å². The molecule has 0 amide bonds. The van der Waals surface area contributed by atoms with Gasteiger partial charge in [0.05, 0.1) is 13.0 Å². The smallest absolute Gasteiger partial charge is 0.334 e. The number of rotatable bonds is 3. The number of hydrogen-bond acceptors (Lipinski definition) is 4. The molecule has 2 aliphatic heterocycles. The van der Waals surface area contributed by atoms with Crippen molar-refractivity contribution in [3.8, 4) is 0 Å². The zero-order chi connectivity index (χ0) is 16.9. The van der Waals surface area contributed by atoms with E-state index in [0.717, 1.165) is 44.1 Å². The molecule has 1 spiro atoms. The Hall–Kier alpha value is -1.32. The van der Waals surface area contributed by atoms with E-state index in [2.05, 4.69) is 19.9 Å². The first kappa shape index (κ1) is 16.2. The molecule has 0 aromatic heterocycles. The van der Waals surface area contributed by atoms with Gasteiger partial charge in [0.25, 0.3) is 0 Å². The molecular weight excluding hydrogens is 304 g/mol. The third-order valence-electron chi connectivity index (χ3n) is 7.66. The van der Waals surface area contributed by atoms with Gasteiger partial charge in [-0.3, -0.25) is 4.79 Å². The van der Waals surface area contributed by atoms with Crippen LogP contribution in [-0.2, 0) is 19.1 Å². The van der Waals surface area contributed by atoms with E-state index in [1.54, 1.807) is 0 Å². The summed E-state index contributed by atoms with van der Waals surface area (Å²) in [5.74, 6) is 1.40. The van der Waals surface area contributed by atoms with Crippen molar-refractivity contribution < 1.29 is 19.1 Å². The van der Waals surface area contributed by atoms with Gasteiger partial charge in [0.1, 0.15) is 6.61 Å². The van der Waals surface area contributed by atoms with Gasteiger partial charge in [-0.25, -0.2) is 4.79 Å². The molecule has 2 heterocycles. The van der Waals surface area contributed by atoms with E-state index in [0.29, 0.717) is 37.4 Å². The van der Waals surface area contributed by atoms with Crippen LogP contribution in [-0.4, -0.2) is 25.2 Å². The highest BCUT2D eigenvalue weighted by Crippen LogP contribution is 2.64. The van der Waals surface area contributed by atoms with E-state index in [4.69, 9.17) is 9.47 Å². The minimum absolute atomic E-state index is 0.0431. The molecule has 0 bridgehead atoms. The van der Waals surface area contributed by atoms with E-state index < -0.39 is 0 Å². The van der Waals surface area contributed by atoms with E-state index in [9.17, 15) is 9.59 Å². The van der Waals surface area contributed by atoms with Crippen LogP contribution >= 0.6 is 0 Å². The van der Waals surface area contributed by atoms with Gasteiger partial charge in [-0.2, -0.15) is 0 Å². The fourth-order valence-corrected chi connectivity index (χ4v) is 5.97. The first-order chi connectivity index (χ1) is 11.5. The van der Waals surface area contributed by atoms with E-state index >= 15 is 0 Å². The molecule has 3 fully saturated rings. The van der Waals surface area contributed by atoms with Crippen molar-refractivity contribution in [3.63, 3.8) is 0 Å². The maximum absolute atomic E-state index is 12.2. The summed E-state index contributed by atoms with van der Waals surface area (Å²) in [5.41, 5.74) is 1.13. The number of hydrogen-bond donors (Lipinski definition) is 0. The highest BCUT2D eigenvalue weighted by Gasteiger charge is 2.60.